The lowest BCUT2D eigenvalue weighted by Crippen LogP contribution is -2.26. The number of aromatic nitrogens is 2. The molecular weight excluding hydrogens is 260 g/mol. The Balaban J connectivity index is 2.23. The average Bonchev–Trinajstić information content (AvgIpc) is 2.76. The number of hydrogen-bond acceptors (Lipinski definition) is 3. The maximum Gasteiger partial charge on any atom is 0.350 e. The Morgan fingerprint density at radius 1 is 0.737 bits per heavy atom. The van der Waals surface area contributed by atoms with Crippen LogP contribution >= 0.6 is 11.5 Å². The Labute approximate surface area is 113 Å². The van der Waals surface area contributed by atoms with Crippen molar-refractivity contribution in [2.75, 3.05) is 0 Å². The van der Waals surface area contributed by atoms with Crippen LogP contribution in [0.4, 0.5) is 0 Å². The molecule has 3 aromatic rings. The third-order valence-electron chi connectivity index (χ3n) is 2.72. The van der Waals surface area contributed by atoms with Crippen LogP contribution in [0.25, 0.3) is 11.4 Å². The summed E-state index contributed by atoms with van der Waals surface area (Å²) in [6, 6.07) is 18.0. The molecule has 0 aliphatic rings. The molecule has 0 aliphatic carbocycles. The van der Waals surface area contributed by atoms with E-state index in [1.54, 1.807) is 36.4 Å². The van der Waals surface area contributed by atoms with Crippen molar-refractivity contribution in [3.05, 3.63) is 80.8 Å². The first-order chi connectivity index (χ1) is 9.27. The molecule has 5 heteroatoms. The standard InChI is InChI=1S/C14H10N2O2S/c17-13-15(11-7-3-1-4-8-11)14(18)19-16(13)12-9-5-2-6-10-12/h1-10H. The second-order valence-corrected chi connectivity index (χ2v) is 4.84. The van der Waals surface area contributed by atoms with Gasteiger partial charge < -0.3 is 0 Å². The van der Waals surface area contributed by atoms with Gasteiger partial charge in [-0.1, -0.05) is 36.4 Å². The van der Waals surface area contributed by atoms with Crippen molar-refractivity contribution >= 4 is 11.5 Å². The van der Waals surface area contributed by atoms with Gasteiger partial charge in [0.05, 0.1) is 11.4 Å². The highest BCUT2D eigenvalue weighted by molar-refractivity contribution is 7.03. The fourth-order valence-electron chi connectivity index (χ4n) is 1.85. The van der Waals surface area contributed by atoms with Crippen LogP contribution in [0.1, 0.15) is 0 Å². The van der Waals surface area contributed by atoms with Crippen molar-refractivity contribution < 1.29 is 0 Å². The summed E-state index contributed by atoms with van der Waals surface area (Å²) in [6.07, 6.45) is 0. The minimum atomic E-state index is -0.340. The monoisotopic (exact) mass is 270 g/mol. The SMILES string of the molecule is O=c1sn(-c2ccccc2)c(=O)n1-c1ccccc1. The molecule has 0 amide bonds. The predicted octanol–water partition coefficient (Wildman–Crippen LogP) is 2.05. The van der Waals surface area contributed by atoms with E-state index in [0.29, 0.717) is 11.4 Å². The minimum Gasteiger partial charge on any atom is -0.255 e. The largest absolute Gasteiger partial charge is 0.350 e. The Kier molecular flexibility index (Phi) is 2.89. The lowest BCUT2D eigenvalue weighted by atomic mass is 10.3. The first-order valence-corrected chi connectivity index (χ1v) is 6.51. The fraction of sp³-hybridized carbons (Fsp3) is 0. The lowest BCUT2D eigenvalue weighted by Gasteiger charge is -1.99. The van der Waals surface area contributed by atoms with Crippen LogP contribution in [0.3, 0.4) is 0 Å². The average molecular weight is 270 g/mol. The highest BCUT2D eigenvalue weighted by Gasteiger charge is 2.12. The number of para-hydroxylation sites is 2. The number of nitrogens with zero attached hydrogens (tertiary/aromatic N) is 2. The highest BCUT2D eigenvalue weighted by Crippen LogP contribution is 2.07. The third kappa shape index (κ3) is 2.04. The van der Waals surface area contributed by atoms with Crippen LogP contribution < -0.4 is 10.6 Å². The molecule has 94 valence electrons. The Morgan fingerprint density at radius 2 is 1.26 bits per heavy atom. The van der Waals surface area contributed by atoms with Gasteiger partial charge in [-0.15, -0.1) is 0 Å². The van der Waals surface area contributed by atoms with Crippen molar-refractivity contribution in [1.29, 1.82) is 0 Å². The first kappa shape index (κ1) is 11.7. The molecular formula is C14H10N2O2S. The maximum atomic E-state index is 12.3. The fourth-order valence-corrected chi connectivity index (χ4v) is 2.65. The molecule has 1 heterocycles. The van der Waals surface area contributed by atoms with Gasteiger partial charge in [-0.25, -0.2) is 13.3 Å². The zero-order valence-electron chi connectivity index (χ0n) is 9.89. The van der Waals surface area contributed by atoms with Gasteiger partial charge in [0.15, 0.2) is 0 Å². The van der Waals surface area contributed by atoms with Crippen LogP contribution in [0.15, 0.2) is 70.3 Å². The Morgan fingerprint density at radius 3 is 1.84 bits per heavy atom. The van der Waals surface area contributed by atoms with Gasteiger partial charge in [0.1, 0.15) is 0 Å². The molecule has 0 N–H and O–H groups in total. The summed E-state index contributed by atoms with van der Waals surface area (Å²) in [5.74, 6) is 0. The molecule has 19 heavy (non-hydrogen) atoms. The summed E-state index contributed by atoms with van der Waals surface area (Å²) in [4.78, 5) is 24.0. The summed E-state index contributed by atoms with van der Waals surface area (Å²) in [7, 11) is 0. The van der Waals surface area contributed by atoms with Gasteiger partial charge in [-0.05, 0) is 24.3 Å². The lowest BCUT2D eigenvalue weighted by molar-refractivity contribution is 0.905. The summed E-state index contributed by atoms with van der Waals surface area (Å²) < 4.78 is 2.58. The molecule has 0 aliphatic heterocycles. The highest BCUT2D eigenvalue weighted by atomic mass is 32.1. The molecule has 0 fully saturated rings. The smallest absolute Gasteiger partial charge is 0.255 e. The second-order valence-electron chi connectivity index (χ2n) is 3.94. The topological polar surface area (TPSA) is 44.0 Å². The normalized spacial score (nSPS) is 10.5. The van der Waals surface area contributed by atoms with Crippen LogP contribution in [0, 0.1) is 0 Å². The van der Waals surface area contributed by atoms with Gasteiger partial charge >= 0.3 is 10.6 Å². The van der Waals surface area contributed by atoms with Crippen molar-refractivity contribution in [3.8, 4) is 11.4 Å². The van der Waals surface area contributed by atoms with Gasteiger partial charge in [0.25, 0.3) is 0 Å². The maximum absolute atomic E-state index is 12.3. The van der Waals surface area contributed by atoms with E-state index in [1.165, 1.54) is 8.52 Å². The molecule has 0 saturated heterocycles. The quantitative estimate of drug-likeness (QED) is 0.715. The van der Waals surface area contributed by atoms with E-state index in [4.69, 9.17) is 0 Å². The van der Waals surface area contributed by atoms with E-state index < -0.39 is 0 Å². The van der Waals surface area contributed by atoms with Gasteiger partial charge in [0, 0.05) is 11.5 Å². The molecule has 0 spiro atoms. The van der Waals surface area contributed by atoms with Crippen molar-refractivity contribution in [2.24, 2.45) is 0 Å². The molecule has 4 nitrogen and oxygen atoms in total. The number of rotatable bonds is 2. The van der Waals surface area contributed by atoms with Crippen LogP contribution in [0.5, 0.6) is 0 Å². The number of benzene rings is 2. The summed E-state index contributed by atoms with van der Waals surface area (Å²) in [5, 5.41) is 0. The zero-order chi connectivity index (χ0) is 13.2. The first-order valence-electron chi connectivity index (χ1n) is 5.73. The summed E-state index contributed by atoms with van der Waals surface area (Å²) >= 11 is 0.900. The molecule has 3 rings (SSSR count). The molecule has 1 aromatic heterocycles. The molecule has 0 atom stereocenters. The molecule has 0 bridgehead atoms. The third-order valence-corrected chi connectivity index (χ3v) is 3.61. The summed E-state index contributed by atoms with van der Waals surface area (Å²) in [5.41, 5.74) is 0.945. The van der Waals surface area contributed by atoms with E-state index in [0.717, 1.165) is 11.5 Å². The zero-order valence-corrected chi connectivity index (χ0v) is 10.7. The second kappa shape index (κ2) is 4.70. The van der Waals surface area contributed by atoms with E-state index in [-0.39, 0.29) is 10.6 Å². The van der Waals surface area contributed by atoms with Crippen LogP contribution in [-0.2, 0) is 0 Å². The molecule has 0 radical (unpaired) electrons. The molecule has 2 aromatic carbocycles. The molecule has 0 unspecified atom stereocenters. The van der Waals surface area contributed by atoms with Crippen molar-refractivity contribution in [3.63, 3.8) is 0 Å². The van der Waals surface area contributed by atoms with Crippen LogP contribution in [0.2, 0.25) is 0 Å². The Bertz CT molecular complexity index is 801. The van der Waals surface area contributed by atoms with Gasteiger partial charge in [-0.3, -0.25) is 4.79 Å². The number of hydrogen-bond donors (Lipinski definition) is 0. The van der Waals surface area contributed by atoms with E-state index in [9.17, 15) is 9.59 Å². The summed E-state index contributed by atoms with van der Waals surface area (Å²) in [6.45, 7) is 0. The van der Waals surface area contributed by atoms with Crippen LogP contribution in [-0.4, -0.2) is 8.52 Å². The van der Waals surface area contributed by atoms with Crippen molar-refractivity contribution in [1.82, 2.24) is 8.52 Å². The Hall–Kier alpha value is -2.40. The van der Waals surface area contributed by atoms with E-state index in [1.807, 2.05) is 24.3 Å². The minimum absolute atomic E-state index is 0.292. The van der Waals surface area contributed by atoms with Gasteiger partial charge in [-0.2, -0.15) is 0 Å². The predicted molar refractivity (Wildman–Crippen MR) is 75.5 cm³/mol. The van der Waals surface area contributed by atoms with E-state index in [2.05, 4.69) is 0 Å². The van der Waals surface area contributed by atoms with E-state index >= 15 is 0 Å². The van der Waals surface area contributed by atoms with Gasteiger partial charge in [0.2, 0.25) is 0 Å². The van der Waals surface area contributed by atoms with Crippen molar-refractivity contribution in [2.45, 2.75) is 0 Å². The molecule has 0 saturated carbocycles.